The predicted octanol–water partition coefficient (Wildman–Crippen LogP) is 2.19. The SMILES string of the molecule is CC(=O)Nc1cc(NC(=O)NCCCn2ccnc2)ccc1F. The van der Waals surface area contributed by atoms with Crippen molar-refractivity contribution in [3.05, 3.63) is 42.7 Å². The molecule has 2 rings (SSSR count). The van der Waals surface area contributed by atoms with Crippen molar-refractivity contribution in [1.29, 1.82) is 0 Å². The molecule has 0 saturated heterocycles. The molecule has 0 unspecified atom stereocenters. The number of aromatic nitrogens is 2. The van der Waals surface area contributed by atoms with E-state index >= 15 is 0 Å². The lowest BCUT2D eigenvalue weighted by molar-refractivity contribution is -0.114. The second-order valence-corrected chi connectivity index (χ2v) is 4.91. The topological polar surface area (TPSA) is 88.0 Å². The van der Waals surface area contributed by atoms with Crippen LogP contribution < -0.4 is 16.0 Å². The van der Waals surface area contributed by atoms with Gasteiger partial charge in [0.15, 0.2) is 0 Å². The second kappa shape index (κ2) is 7.92. The molecule has 0 aliphatic carbocycles. The van der Waals surface area contributed by atoms with Crippen molar-refractivity contribution in [3.8, 4) is 0 Å². The molecule has 3 amide bonds. The molecule has 1 aromatic heterocycles. The quantitative estimate of drug-likeness (QED) is 0.713. The number of hydrogen-bond acceptors (Lipinski definition) is 3. The van der Waals surface area contributed by atoms with E-state index in [1.165, 1.54) is 25.1 Å². The summed E-state index contributed by atoms with van der Waals surface area (Å²) < 4.78 is 15.4. The molecule has 122 valence electrons. The lowest BCUT2D eigenvalue weighted by Gasteiger charge is -2.10. The third-order valence-electron chi connectivity index (χ3n) is 2.97. The number of carbonyl (C=O) groups excluding carboxylic acids is 2. The minimum Gasteiger partial charge on any atom is -0.338 e. The molecule has 8 heteroatoms. The minimum absolute atomic E-state index is 0.0235. The van der Waals surface area contributed by atoms with E-state index < -0.39 is 11.8 Å². The number of nitrogens with one attached hydrogen (secondary N) is 3. The van der Waals surface area contributed by atoms with Crippen molar-refractivity contribution in [1.82, 2.24) is 14.9 Å². The second-order valence-electron chi connectivity index (χ2n) is 4.91. The largest absolute Gasteiger partial charge is 0.338 e. The molecule has 0 atom stereocenters. The van der Waals surface area contributed by atoms with Crippen LogP contribution in [0.5, 0.6) is 0 Å². The van der Waals surface area contributed by atoms with Crippen LogP contribution in [0.3, 0.4) is 0 Å². The van der Waals surface area contributed by atoms with Crippen molar-refractivity contribution < 1.29 is 14.0 Å². The van der Waals surface area contributed by atoms with Gasteiger partial charge in [-0.05, 0) is 24.6 Å². The number of hydrogen-bond donors (Lipinski definition) is 3. The van der Waals surface area contributed by atoms with Crippen LogP contribution in [0.1, 0.15) is 13.3 Å². The highest BCUT2D eigenvalue weighted by Crippen LogP contribution is 2.19. The minimum atomic E-state index is -0.563. The van der Waals surface area contributed by atoms with Gasteiger partial charge in [0.25, 0.3) is 0 Å². The van der Waals surface area contributed by atoms with Gasteiger partial charge in [-0.2, -0.15) is 0 Å². The summed E-state index contributed by atoms with van der Waals surface area (Å²) in [5.74, 6) is -0.948. The molecular weight excluding hydrogens is 301 g/mol. The summed E-state index contributed by atoms with van der Waals surface area (Å²) >= 11 is 0. The third kappa shape index (κ3) is 5.42. The van der Waals surface area contributed by atoms with Crippen molar-refractivity contribution in [2.45, 2.75) is 19.9 Å². The number of carbonyl (C=O) groups is 2. The molecule has 1 aromatic carbocycles. The van der Waals surface area contributed by atoms with Crippen molar-refractivity contribution in [2.75, 3.05) is 17.2 Å². The highest BCUT2D eigenvalue weighted by Gasteiger charge is 2.07. The fourth-order valence-electron chi connectivity index (χ4n) is 1.95. The predicted molar refractivity (Wildman–Crippen MR) is 84.6 cm³/mol. The molecular formula is C15H18FN5O2. The Morgan fingerprint density at radius 2 is 2.13 bits per heavy atom. The first-order chi connectivity index (χ1) is 11.0. The van der Waals surface area contributed by atoms with Crippen LogP contribution in [0.2, 0.25) is 0 Å². The maximum Gasteiger partial charge on any atom is 0.319 e. The van der Waals surface area contributed by atoms with Crippen LogP contribution in [-0.2, 0) is 11.3 Å². The molecule has 0 aliphatic rings. The van der Waals surface area contributed by atoms with E-state index in [-0.39, 0.29) is 11.6 Å². The molecule has 23 heavy (non-hydrogen) atoms. The first-order valence-electron chi connectivity index (χ1n) is 7.12. The lowest BCUT2D eigenvalue weighted by atomic mass is 10.2. The smallest absolute Gasteiger partial charge is 0.319 e. The summed E-state index contributed by atoms with van der Waals surface area (Å²) in [6, 6.07) is 3.57. The van der Waals surface area contributed by atoms with E-state index in [1.54, 1.807) is 12.5 Å². The molecule has 7 nitrogen and oxygen atoms in total. The van der Waals surface area contributed by atoms with Crippen LogP contribution >= 0.6 is 0 Å². The molecule has 0 bridgehead atoms. The molecule has 0 radical (unpaired) electrons. The summed E-state index contributed by atoms with van der Waals surface area (Å²) in [6.07, 6.45) is 6.01. The Kier molecular flexibility index (Phi) is 5.67. The van der Waals surface area contributed by atoms with Gasteiger partial charge < -0.3 is 20.5 Å². The molecule has 0 spiro atoms. The van der Waals surface area contributed by atoms with Crippen LogP contribution in [0.15, 0.2) is 36.9 Å². The average molecular weight is 319 g/mol. The molecule has 3 N–H and O–H groups in total. The highest BCUT2D eigenvalue weighted by atomic mass is 19.1. The van der Waals surface area contributed by atoms with Crippen LogP contribution in [0.25, 0.3) is 0 Å². The molecule has 0 saturated carbocycles. The number of anilines is 2. The van der Waals surface area contributed by atoms with E-state index in [4.69, 9.17) is 0 Å². The maximum atomic E-state index is 13.5. The van der Waals surface area contributed by atoms with Gasteiger partial charge in [0.05, 0.1) is 12.0 Å². The van der Waals surface area contributed by atoms with E-state index in [1.807, 2.05) is 10.8 Å². The summed E-state index contributed by atoms with van der Waals surface area (Å²) in [4.78, 5) is 26.7. The number of amides is 3. The van der Waals surface area contributed by atoms with E-state index in [0.29, 0.717) is 12.2 Å². The molecule has 0 aliphatic heterocycles. The molecule has 1 heterocycles. The van der Waals surface area contributed by atoms with Gasteiger partial charge in [-0.25, -0.2) is 14.2 Å². The Labute approximate surface area is 132 Å². The lowest BCUT2D eigenvalue weighted by Crippen LogP contribution is -2.30. The maximum absolute atomic E-state index is 13.5. The number of halogens is 1. The Hall–Kier alpha value is -2.90. The first-order valence-corrected chi connectivity index (χ1v) is 7.12. The van der Waals surface area contributed by atoms with Gasteiger partial charge in [0.1, 0.15) is 5.82 Å². The molecule has 2 aromatic rings. The summed E-state index contributed by atoms with van der Waals surface area (Å²) in [6.45, 7) is 2.53. The summed E-state index contributed by atoms with van der Waals surface area (Å²) in [5.41, 5.74) is 0.415. The van der Waals surface area contributed by atoms with Crippen LogP contribution in [0.4, 0.5) is 20.6 Å². The van der Waals surface area contributed by atoms with Crippen molar-refractivity contribution in [2.24, 2.45) is 0 Å². The van der Waals surface area contributed by atoms with Crippen molar-refractivity contribution >= 4 is 23.3 Å². The van der Waals surface area contributed by atoms with Gasteiger partial charge in [0, 0.05) is 38.1 Å². The van der Waals surface area contributed by atoms with Gasteiger partial charge in [-0.1, -0.05) is 0 Å². The zero-order valence-electron chi connectivity index (χ0n) is 12.7. The Balaban J connectivity index is 1.79. The standard InChI is InChI=1S/C15H18FN5O2/c1-11(22)19-14-9-12(3-4-13(14)16)20-15(23)18-5-2-7-21-8-6-17-10-21/h3-4,6,8-10H,2,5,7H2,1H3,(H,19,22)(H2,18,20,23). The fourth-order valence-corrected chi connectivity index (χ4v) is 1.95. The van der Waals surface area contributed by atoms with Crippen LogP contribution in [-0.4, -0.2) is 28.0 Å². The summed E-state index contributed by atoms with van der Waals surface area (Å²) in [7, 11) is 0. The van der Waals surface area contributed by atoms with E-state index in [2.05, 4.69) is 20.9 Å². The average Bonchev–Trinajstić information content (AvgIpc) is 3.00. The van der Waals surface area contributed by atoms with E-state index in [9.17, 15) is 14.0 Å². The number of imidazole rings is 1. The van der Waals surface area contributed by atoms with Gasteiger partial charge in [0.2, 0.25) is 5.91 Å². The van der Waals surface area contributed by atoms with Crippen molar-refractivity contribution in [3.63, 3.8) is 0 Å². The third-order valence-corrected chi connectivity index (χ3v) is 2.97. The number of nitrogens with zero attached hydrogens (tertiary/aromatic N) is 2. The van der Waals surface area contributed by atoms with Gasteiger partial charge in [-0.3, -0.25) is 4.79 Å². The summed E-state index contributed by atoms with van der Waals surface area (Å²) in [5, 5.41) is 7.65. The highest BCUT2D eigenvalue weighted by molar-refractivity contribution is 5.92. The zero-order chi connectivity index (χ0) is 16.7. The normalized spacial score (nSPS) is 10.2. The fraction of sp³-hybridized carbons (Fsp3) is 0.267. The zero-order valence-corrected chi connectivity index (χ0v) is 12.7. The number of urea groups is 1. The van der Waals surface area contributed by atoms with Gasteiger partial charge in [-0.15, -0.1) is 0 Å². The Bertz CT molecular complexity index is 673. The Morgan fingerprint density at radius 3 is 2.83 bits per heavy atom. The van der Waals surface area contributed by atoms with Crippen LogP contribution in [0, 0.1) is 5.82 Å². The van der Waals surface area contributed by atoms with Gasteiger partial charge >= 0.3 is 6.03 Å². The number of aryl methyl sites for hydroxylation is 1. The first kappa shape index (κ1) is 16.5. The number of rotatable bonds is 6. The van der Waals surface area contributed by atoms with E-state index in [0.717, 1.165) is 13.0 Å². The molecule has 0 fully saturated rings. The Morgan fingerprint density at radius 1 is 1.30 bits per heavy atom. The number of benzene rings is 1. The monoisotopic (exact) mass is 319 g/mol.